The highest BCUT2D eigenvalue weighted by Gasteiger charge is 2.17. The largest absolute Gasteiger partial charge is 0.291 e. The van der Waals surface area contributed by atoms with Crippen molar-refractivity contribution in [1.29, 1.82) is 0 Å². The third kappa shape index (κ3) is 3.23. The second-order valence-electron chi connectivity index (χ2n) is 3.52. The van der Waals surface area contributed by atoms with Gasteiger partial charge in [0.2, 0.25) is 0 Å². The van der Waals surface area contributed by atoms with Crippen LogP contribution in [0.15, 0.2) is 20.4 Å². The summed E-state index contributed by atoms with van der Waals surface area (Å²) in [5, 5.41) is 6.50. The highest BCUT2D eigenvalue weighted by molar-refractivity contribution is 9.11. The van der Waals surface area contributed by atoms with Crippen LogP contribution in [0.5, 0.6) is 0 Å². The average molecular weight is 408 g/mol. The Morgan fingerprint density at radius 2 is 1.95 bits per heavy atom. The molecular formula is C10H8Br2N4O2S. The van der Waals surface area contributed by atoms with E-state index >= 15 is 0 Å². The molecule has 100 valence electrons. The molecule has 0 fully saturated rings. The van der Waals surface area contributed by atoms with Gasteiger partial charge < -0.3 is 0 Å². The van der Waals surface area contributed by atoms with E-state index in [1.807, 2.05) is 0 Å². The predicted molar refractivity (Wildman–Crippen MR) is 78.0 cm³/mol. The molecule has 2 aromatic heterocycles. The maximum Gasteiger partial charge on any atom is 0.291 e. The molecule has 0 aliphatic heterocycles. The summed E-state index contributed by atoms with van der Waals surface area (Å²) in [6.07, 6.45) is 0. The van der Waals surface area contributed by atoms with Crippen LogP contribution >= 0.6 is 43.2 Å². The van der Waals surface area contributed by atoms with Crippen LogP contribution in [0.1, 0.15) is 25.9 Å². The van der Waals surface area contributed by atoms with Gasteiger partial charge in [-0.2, -0.15) is 5.10 Å². The van der Waals surface area contributed by atoms with E-state index in [1.54, 1.807) is 19.1 Å². The number of nitrogens with one attached hydrogen (secondary N) is 3. The molecule has 2 amide bonds. The van der Waals surface area contributed by atoms with E-state index in [-0.39, 0.29) is 11.6 Å². The van der Waals surface area contributed by atoms with Gasteiger partial charge in [-0.15, -0.1) is 11.3 Å². The van der Waals surface area contributed by atoms with E-state index in [0.717, 1.165) is 9.48 Å². The van der Waals surface area contributed by atoms with Gasteiger partial charge in [0.25, 0.3) is 11.8 Å². The molecular weight excluding hydrogens is 400 g/mol. The van der Waals surface area contributed by atoms with Crippen molar-refractivity contribution in [2.75, 3.05) is 0 Å². The number of aromatic amines is 1. The Kier molecular flexibility index (Phi) is 4.38. The number of nitrogens with zero attached hydrogens (tertiary/aromatic N) is 1. The highest BCUT2D eigenvalue weighted by Crippen LogP contribution is 2.21. The lowest BCUT2D eigenvalue weighted by Gasteiger charge is -2.04. The zero-order valence-corrected chi connectivity index (χ0v) is 13.6. The van der Waals surface area contributed by atoms with Gasteiger partial charge in [-0.1, -0.05) is 0 Å². The first-order valence-electron chi connectivity index (χ1n) is 5.05. The molecule has 2 rings (SSSR count). The summed E-state index contributed by atoms with van der Waals surface area (Å²) >= 11 is 7.77. The van der Waals surface area contributed by atoms with Crippen LogP contribution in [0, 0.1) is 6.92 Å². The summed E-state index contributed by atoms with van der Waals surface area (Å²) < 4.78 is 1.41. The fraction of sp³-hybridized carbons (Fsp3) is 0.100. The quantitative estimate of drug-likeness (QED) is 0.668. The fourth-order valence-corrected chi connectivity index (χ4v) is 2.88. The molecule has 2 aromatic rings. The number of H-pyrrole nitrogens is 1. The van der Waals surface area contributed by atoms with Crippen molar-refractivity contribution in [2.45, 2.75) is 6.92 Å². The number of halogens is 2. The number of amides is 2. The summed E-state index contributed by atoms with van der Waals surface area (Å²) in [5.74, 6) is -0.882. The topological polar surface area (TPSA) is 86.9 Å². The summed E-state index contributed by atoms with van der Waals surface area (Å²) in [4.78, 5) is 24.0. The van der Waals surface area contributed by atoms with Crippen LogP contribution < -0.4 is 10.9 Å². The smallest absolute Gasteiger partial charge is 0.281 e. The van der Waals surface area contributed by atoms with Crippen LogP contribution in [0.3, 0.4) is 0 Å². The lowest BCUT2D eigenvalue weighted by atomic mass is 10.3. The number of carbonyl (C=O) groups is 2. The molecule has 0 radical (unpaired) electrons. The Hall–Kier alpha value is -1.19. The minimum absolute atomic E-state index is 0.185. The van der Waals surface area contributed by atoms with Crippen LogP contribution in [-0.2, 0) is 0 Å². The number of hydrazine groups is 1. The Balaban J connectivity index is 1.97. The Morgan fingerprint density at radius 1 is 1.26 bits per heavy atom. The second kappa shape index (κ2) is 5.85. The molecule has 3 N–H and O–H groups in total. The Bertz CT molecular complexity index is 637. The van der Waals surface area contributed by atoms with Crippen molar-refractivity contribution in [3.63, 3.8) is 0 Å². The number of rotatable bonds is 2. The average Bonchev–Trinajstić information content (AvgIpc) is 2.94. The van der Waals surface area contributed by atoms with Gasteiger partial charge in [-0.3, -0.25) is 25.5 Å². The number of aromatic nitrogens is 2. The molecule has 0 saturated heterocycles. The highest BCUT2D eigenvalue weighted by atomic mass is 79.9. The number of aryl methyl sites for hydroxylation is 1. The van der Waals surface area contributed by atoms with E-state index in [9.17, 15) is 9.59 Å². The summed E-state index contributed by atoms with van der Waals surface area (Å²) in [6.45, 7) is 1.77. The Morgan fingerprint density at radius 3 is 2.47 bits per heavy atom. The zero-order valence-electron chi connectivity index (χ0n) is 9.58. The van der Waals surface area contributed by atoms with Gasteiger partial charge in [0, 0.05) is 5.69 Å². The summed E-state index contributed by atoms with van der Waals surface area (Å²) in [5.41, 5.74) is 5.54. The molecule has 9 heteroatoms. The van der Waals surface area contributed by atoms with Crippen LogP contribution in [0.2, 0.25) is 0 Å². The van der Waals surface area contributed by atoms with Crippen molar-refractivity contribution in [1.82, 2.24) is 21.0 Å². The van der Waals surface area contributed by atoms with Crippen LogP contribution in [-0.4, -0.2) is 22.0 Å². The number of carbonyl (C=O) groups excluding carboxylic acids is 2. The monoisotopic (exact) mass is 406 g/mol. The molecule has 0 spiro atoms. The van der Waals surface area contributed by atoms with Gasteiger partial charge in [-0.05, 0) is 50.9 Å². The minimum atomic E-state index is -0.500. The third-order valence-electron chi connectivity index (χ3n) is 2.17. The lowest BCUT2D eigenvalue weighted by molar-refractivity contribution is 0.0845. The molecule has 0 unspecified atom stereocenters. The molecule has 0 aliphatic rings. The predicted octanol–water partition coefficient (Wildman–Crippen LogP) is 2.38. The first kappa shape index (κ1) is 14.2. The molecule has 19 heavy (non-hydrogen) atoms. The minimum Gasteiger partial charge on any atom is -0.281 e. The molecule has 0 bridgehead atoms. The van der Waals surface area contributed by atoms with E-state index in [1.165, 1.54) is 11.3 Å². The van der Waals surface area contributed by atoms with Crippen molar-refractivity contribution in [3.8, 4) is 0 Å². The molecule has 6 nitrogen and oxygen atoms in total. The maximum absolute atomic E-state index is 11.8. The van der Waals surface area contributed by atoms with E-state index in [2.05, 4.69) is 52.9 Å². The number of thiophene rings is 1. The standard InChI is InChI=1S/C10H8Br2N4O2S/c1-4-7(12)8(14-13-4)10(18)16-15-9(17)5-2-3-6(11)19-5/h2-3H,1H3,(H,13,14)(H,15,17)(H,16,18). The van der Waals surface area contributed by atoms with E-state index in [4.69, 9.17) is 0 Å². The van der Waals surface area contributed by atoms with Gasteiger partial charge in [-0.25, -0.2) is 0 Å². The molecule has 0 atom stereocenters. The van der Waals surface area contributed by atoms with E-state index in [0.29, 0.717) is 9.35 Å². The third-order valence-corrected chi connectivity index (χ3v) is 4.77. The van der Waals surface area contributed by atoms with E-state index < -0.39 is 5.91 Å². The van der Waals surface area contributed by atoms with Gasteiger partial charge in [0.1, 0.15) is 0 Å². The second-order valence-corrected chi connectivity index (χ2v) is 6.78. The van der Waals surface area contributed by atoms with Crippen LogP contribution in [0.25, 0.3) is 0 Å². The summed E-state index contributed by atoms with van der Waals surface area (Å²) in [6, 6.07) is 3.42. The first-order chi connectivity index (χ1) is 8.99. The Labute approximate surface area is 129 Å². The number of hydrogen-bond donors (Lipinski definition) is 3. The SMILES string of the molecule is Cc1[nH]nc(C(=O)NNC(=O)c2ccc(Br)s2)c1Br. The summed E-state index contributed by atoms with van der Waals surface area (Å²) in [7, 11) is 0. The number of hydrogen-bond acceptors (Lipinski definition) is 4. The lowest BCUT2D eigenvalue weighted by Crippen LogP contribution is -2.41. The zero-order chi connectivity index (χ0) is 14.0. The molecule has 0 aromatic carbocycles. The molecule has 0 aliphatic carbocycles. The van der Waals surface area contributed by atoms with Gasteiger partial charge >= 0.3 is 0 Å². The first-order valence-corrected chi connectivity index (χ1v) is 7.45. The maximum atomic E-state index is 11.8. The normalized spacial score (nSPS) is 10.3. The van der Waals surface area contributed by atoms with Crippen molar-refractivity contribution < 1.29 is 9.59 Å². The van der Waals surface area contributed by atoms with Crippen LogP contribution in [0.4, 0.5) is 0 Å². The molecule has 2 heterocycles. The van der Waals surface area contributed by atoms with Gasteiger partial charge in [0.15, 0.2) is 5.69 Å². The van der Waals surface area contributed by atoms with Crippen molar-refractivity contribution in [2.24, 2.45) is 0 Å². The fourth-order valence-electron chi connectivity index (χ4n) is 1.24. The van der Waals surface area contributed by atoms with Crippen molar-refractivity contribution in [3.05, 3.63) is 36.7 Å². The molecule has 0 saturated carbocycles. The van der Waals surface area contributed by atoms with Gasteiger partial charge in [0.05, 0.1) is 13.1 Å². The van der Waals surface area contributed by atoms with Crippen molar-refractivity contribution >= 4 is 55.0 Å².